The van der Waals surface area contributed by atoms with Crippen LogP contribution in [0.15, 0.2) is 29.2 Å². The smallest absolute Gasteiger partial charge is 0.238 e. The van der Waals surface area contributed by atoms with Gasteiger partial charge in [-0.05, 0) is 51.3 Å². The molecule has 4 heteroatoms. The van der Waals surface area contributed by atoms with Crippen molar-refractivity contribution < 1.29 is 4.79 Å². The monoisotopic (exact) mass is 252 g/mol. The quantitative estimate of drug-likeness (QED) is 0.810. The average molecular weight is 252 g/mol. The molecule has 0 atom stereocenters. The van der Waals surface area contributed by atoms with E-state index in [2.05, 4.69) is 10.6 Å². The van der Waals surface area contributed by atoms with Crippen LogP contribution in [0.5, 0.6) is 0 Å². The summed E-state index contributed by atoms with van der Waals surface area (Å²) in [5.74, 6) is -0.0168. The third-order valence-corrected chi connectivity index (χ3v) is 2.90. The van der Waals surface area contributed by atoms with Crippen LogP contribution in [-0.4, -0.2) is 24.2 Å². The van der Waals surface area contributed by atoms with Gasteiger partial charge in [-0.3, -0.25) is 4.79 Å². The molecule has 0 fully saturated rings. The Hall–Kier alpha value is -1.00. The van der Waals surface area contributed by atoms with E-state index in [-0.39, 0.29) is 11.4 Å². The van der Waals surface area contributed by atoms with E-state index in [1.807, 2.05) is 51.3 Å². The minimum atomic E-state index is -0.0416. The van der Waals surface area contributed by atoms with Crippen LogP contribution in [0.3, 0.4) is 0 Å². The lowest BCUT2D eigenvalue weighted by atomic mass is 10.1. The maximum atomic E-state index is 11.6. The highest BCUT2D eigenvalue weighted by atomic mass is 32.2. The molecule has 0 aliphatic carbocycles. The Morgan fingerprint density at radius 1 is 1.24 bits per heavy atom. The summed E-state index contributed by atoms with van der Waals surface area (Å²) < 4.78 is 0. The molecule has 2 N–H and O–H groups in total. The number of nitrogens with one attached hydrogen (secondary N) is 2. The first kappa shape index (κ1) is 14.1. The zero-order chi connectivity index (χ0) is 12.9. The van der Waals surface area contributed by atoms with E-state index in [1.54, 1.807) is 11.8 Å². The van der Waals surface area contributed by atoms with Gasteiger partial charge in [0.1, 0.15) is 0 Å². The Morgan fingerprint density at radius 3 is 2.29 bits per heavy atom. The maximum Gasteiger partial charge on any atom is 0.238 e. The number of carbonyl (C=O) groups excluding carboxylic acids is 1. The molecule has 0 aliphatic rings. The number of carbonyl (C=O) groups is 1. The molecule has 0 saturated carbocycles. The van der Waals surface area contributed by atoms with E-state index >= 15 is 0 Å². The summed E-state index contributed by atoms with van der Waals surface area (Å²) in [6.45, 7) is 6.43. The van der Waals surface area contributed by atoms with Gasteiger partial charge >= 0.3 is 0 Å². The fraction of sp³-hybridized carbons (Fsp3) is 0.462. The second-order valence-corrected chi connectivity index (χ2v) is 5.76. The Labute approximate surface area is 107 Å². The molecule has 0 heterocycles. The van der Waals surface area contributed by atoms with Crippen LogP contribution in [0.4, 0.5) is 5.69 Å². The first-order valence-electron chi connectivity index (χ1n) is 5.59. The maximum absolute atomic E-state index is 11.6. The molecule has 3 nitrogen and oxygen atoms in total. The molecule has 94 valence electrons. The van der Waals surface area contributed by atoms with E-state index in [0.29, 0.717) is 6.54 Å². The Kier molecular flexibility index (Phi) is 5.02. The second kappa shape index (κ2) is 6.07. The molecule has 0 spiro atoms. The number of thioether (sulfide) groups is 1. The molecule has 1 aromatic carbocycles. The summed E-state index contributed by atoms with van der Waals surface area (Å²) >= 11 is 1.68. The fourth-order valence-electron chi connectivity index (χ4n) is 1.22. The SMILES string of the molecule is CSc1ccc(NC(=O)CNC(C)(C)C)cc1. The number of hydrogen-bond donors (Lipinski definition) is 2. The van der Waals surface area contributed by atoms with Gasteiger partial charge in [-0.2, -0.15) is 0 Å². The molecule has 0 radical (unpaired) electrons. The molecule has 0 bridgehead atoms. The lowest BCUT2D eigenvalue weighted by Gasteiger charge is -2.20. The molecule has 1 amide bonds. The van der Waals surface area contributed by atoms with Crippen molar-refractivity contribution in [3.05, 3.63) is 24.3 Å². The first-order valence-corrected chi connectivity index (χ1v) is 6.82. The number of benzene rings is 1. The van der Waals surface area contributed by atoms with E-state index in [1.165, 1.54) is 4.90 Å². The highest BCUT2D eigenvalue weighted by Crippen LogP contribution is 2.17. The van der Waals surface area contributed by atoms with E-state index in [0.717, 1.165) is 5.69 Å². The van der Waals surface area contributed by atoms with Crippen molar-refractivity contribution in [2.24, 2.45) is 0 Å². The van der Waals surface area contributed by atoms with Gasteiger partial charge in [0.25, 0.3) is 0 Å². The lowest BCUT2D eigenvalue weighted by Crippen LogP contribution is -2.41. The van der Waals surface area contributed by atoms with Gasteiger partial charge in [-0.25, -0.2) is 0 Å². The molecule has 0 aliphatic heterocycles. The predicted octanol–water partition coefficient (Wildman–Crippen LogP) is 2.74. The van der Waals surface area contributed by atoms with E-state index < -0.39 is 0 Å². The summed E-state index contributed by atoms with van der Waals surface area (Å²) in [4.78, 5) is 12.8. The van der Waals surface area contributed by atoms with Gasteiger partial charge in [-0.1, -0.05) is 0 Å². The minimum absolute atomic E-state index is 0.0168. The highest BCUT2D eigenvalue weighted by molar-refractivity contribution is 7.98. The lowest BCUT2D eigenvalue weighted by molar-refractivity contribution is -0.115. The minimum Gasteiger partial charge on any atom is -0.325 e. The van der Waals surface area contributed by atoms with Crippen molar-refractivity contribution in [1.82, 2.24) is 5.32 Å². The van der Waals surface area contributed by atoms with Crippen LogP contribution < -0.4 is 10.6 Å². The van der Waals surface area contributed by atoms with Gasteiger partial charge in [0.15, 0.2) is 0 Å². The third-order valence-electron chi connectivity index (χ3n) is 2.15. The van der Waals surface area contributed by atoms with Crippen molar-refractivity contribution in [2.45, 2.75) is 31.2 Å². The van der Waals surface area contributed by atoms with Crippen LogP contribution in [0, 0.1) is 0 Å². The van der Waals surface area contributed by atoms with Gasteiger partial charge < -0.3 is 10.6 Å². The van der Waals surface area contributed by atoms with Crippen molar-refractivity contribution in [3.63, 3.8) is 0 Å². The number of anilines is 1. The normalized spacial score (nSPS) is 11.3. The summed E-state index contributed by atoms with van der Waals surface area (Å²) in [6.07, 6.45) is 2.03. The Balaban J connectivity index is 2.45. The predicted molar refractivity (Wildman–Crippen MR) is 74.6 cm³/mol. The van der Waals surface area contributed by atoms with Gasteiger partial charge in [0.2, 0.25) is 5.91 Å². The second-order valence-electron chi connectivity index (χ2n) is 4.88. The highest BCUT2D eigenvalue weighted by Gasteiger charge is 2.11. The largest absolute Gasteiger partial charge is 0.325 e. The zero-order valence-corrected chi connectivity index (χ0v) is 11.6. The molecule has 0 unspecified atom stereocenters. The molecule has 1 aromatic rings. The summed E-state index contributed by atoms with van der Waals surface area (Å²) in [5.41, 5.74) is 0.795. The van der Waals surface area contributed by atoms with Gasteiger partial charge in [0.05, 0.1) is 6.54 Å². The number of amides is 1. The standard InChI is InChI=1S/C13H20N2OS/c1-13(2,3)14-9-12(16)15-10-5-7-11(17-4)8-6-10/h5-8,14H,9H2,1-4H3,(H,15,16). The molecule has 1 rings (SSSR count). The summed E-state index contributed by atoms with van der Waals surface area (Å²) in [5, 5.41) is 6.00. The third kappa shape index (κ3) is 5.75. The van der Waals surface area contributed by atoms with Crippen molar-refractivity contribution in [1.29, 1.82) is 0 Å². The Morgan fingerprint density at radius 2 is 1.82 bits per heavy atom. The van der Waals surface area contributed by atoms with E-state index in [9.17, 15) is 4.79 Å². The number of hydrogen-bond acceptors (Lipinski definition) is 3. The van der Waals surface area contributed by atoms with Crippen LogP contribution in [-0.2, 0) is 4.79 Å². The van der Waals surface area contributed by atoms with Crippen molar-refractivity contribution >= 4 is 23.4 Å². The van der Waals surface area contributed by atoms with E-state index in [4.69, 9.17) is 0 Å². The van der Waals surface area contributed by atoms with Gasteiger partial charge in [0, 0.05) is 16.1 Å². The topological polar surface area (TPSA) is 41.1 Å². The molecule has 0 saturated heterocycles. The van der Waals surface area contributed by atoms with Crippen LogP contribution in [0.1, 0.15) is 20.8 Å². The first-order chi connectivity index (χ1) is 7.90. The zero-order valence-electron chi connectivity index (χ0n) is 10.8. The van der Waals surface area contributed by atoms with Crippen LogP contribution in [0.25, 0.3) is 0 Å². The fourth-order valence-corrected chi connectivity index (χ4v) is 1.63. The average Bonchev–Trinajstić information content (AvgIpc) is 2.27. The molecule has 0 aromatic heterocycles. The van der Waals surface area contributed by atoms with Crippen molar-refractivity contribution in [2.75, 3.05) is 18.1 Å². The van der Waals surface area contributed by atoms with Gasteiger partial charge in [-0.15, -0.1) is 11.8 Å². The number of rotatable bonds is 4. The van der Waals surface area contributed by atoms with Crippen LogP contribution >= 0.6 is 11.8 Å². The molecular weight excluding hydrogens is 232 g/mol. The van der Waals surface area contributed by atoms with Crippen LogP contribution in [0.2, 0.25) is 0 Å². The summed E-state index contributed by atoms with van der Waals surface area (Å²) in [6, 6.07) is 7.83. The Bertz CT molecular complexity index is 368. The van der Waals surface area contributed by atoms with Crippen molar-refractivity contribution in [3.8, 4) is 0 Å². The molecule has 17 heavy (non-hydrogen) atoms. The molecular formula is C13H20N2OS. The summed E-state index contributed by atoms with van der Waals surface area (Å²) in [7, 11) is 0.